The smallest absolute Gasteiger partial charge is 0.239 e. The average molecular weight is 478 g/mol. The van der Waals surface area contributed by atoms with Crippen LogP contribution in [0.1, 0.15) is 82.5 Å². The van der Waals surface area contributed by atoms with Crippen LogP contribution in [0.2, 0.25) is 0 Å². The van der Waals surface area contributed by atoms with Crippen molar-refractivity contribution in [3.63, 3.8) is 0 Å². The normalized spacial score (nSPS) is 21.7. The number of nitrogens with zero attached hydrogens (tertiary/aromatic N) is 1. The number of rotatable bonds is 6. The van der Waals surface area contributed by atoms with Crippen LogP contribution in [0.4, 0.5) is 4.39 Å². The lowest BCUT2D eigenvalue weighted by atomic mass is 9.87. The topological polar surface area (TPSA) is 48.1 Å². The number of nitrogens with one attached hydrogen (secondary N) is 2. The van der Waals surface area contributed by atoms with E-state index in [-0.39, 0.29) is 11.9 Å². The maximum Gasteiger partial charge on any atom is 0.239 e. The Morgan fingerprint density at radius 3 is 2.46 bits per heavy atom. The molecule has 5 heteroatoms. The number of aromatic nitrogens is 1. The number of likely N-dealkylation sites (tertiary alicyclic amines) is 1. The van der Waals surface area contributed by atoms with Crippen LogP contribution in [0.5, 0.6) is 0 Å². The number of carbonyl (C=O) groups excluding carboxylic acids is 1. The molecule has 2 N–H and O–H groups in total. The van der Waals surface area contributed by atoms with Gasteiger partial charge in [-0.3, -0.25) is 4.79 Å². The van der Waals surface area contributed by atoms with Crippen LogP contribution >= 0.6 is 0 Å². The first-order valence-corrected chi connectivity index (χ1v) is 13.0. The minimum Gasteiger partial charge on any atom is -0.354 e. The zero-order valence-electron chi connectivity index (χ0n) is 21.9. The zero-order valence-corrected chi connectivity index (χ0v) is 21.9. The van der Waals surface area contributed by atoms with E-state index in [0.29, 0.717) is 24.8 Å². The summed E-state index contributed by atoms with van der Waals surface area (Å²) in [4.78, 5) is 18.4. The van der Waals surface area contributed by atoms with Crippen molar-refractivity contribution in [2.75, 3.05) is 19.6 Å². The fourth-order valence-corrected chi connectivity index (χ4v) is 5.61. The number of piperidine rings is 1. The molecule has 4 nitrogen and oxygen atoms in total. The van der Waals surface area contributed by atoms with Crippen molar-refractivity contribution in [2.45, 2.75) is 77.9 Å². The molecular weight excluding hydrogens is 437 g/mol. The second-order valence-electron chi connectivity index (χ2n) is 10.9. The highest BCUT2D eigenvalue weighted by atomic mass is 19.1. The summed E-state index contributed by atoms with van der Waals surface area (Å²) in [7, 11) is 0. The first-order valence-electron chi connectivity index (χ1n) is 13.0. The van der Waals surface area contributed by atoms with E-state index in [0.717, 1.165) is 37.0 Å². The van der Waals surface area contributed by atoms with Gasteiger partial charge in [0.05, 0.1) is 6.04 Å². The van der Waals surface area contributed by atoms with Gasteiger partial charge in [-0.25, -0.2) is 4.39 Å². The SMILES string of the molecule is C=C(C)/C=C(\C=C(C)C)c1[nH]c2ccc(C3CCN(C(=O)[C@@H]4C[C@H](F)CN4)CC3)cc2c1C(C)C. The van der Waals surface area contributed by atoms with Crippen molar-refractivity contribution < 1.29 is 9.18 Å². The molecule has 0 bridgehead atoms. The molecule has 2 aliphatic rings. The van der Waals surface area contributed by atoms with E-state index < -0.39 is 6.17 Å². The third kappa shape index (κ3) is 5.61. The number of carbonyl (C=O) groups is 1. The van der Waals surface area contributed by atoms with Crippen molar-refractivity contribution in [1.29, 1.82) is 0 Å². The molecule has 0 aliphatic carbocycles. The van der Waals surface area contributed by atoms with Gasteiger partial charge in [0.1, 0.15) is 6.17 Å². The number of benzene rings is 1. The van der Waals surface area contributed by atoms with Gasteiger partial charge < -0.3 is 15.2 Å². The maximum absolute atomic E-state index is 13.5. The van der Waals surface area contributed by atoms with Gasteiger partial charge in [0.25, 0.3) is 0 Å². The number of hydrogen-bond acceptors (Lipinski definition) is 2. The monoisotopic (exact) mass is 477 g/mol. The van der Waals surface area contributed by atoms with E-state index >= 15 is 0 Å². The Bertz CT molecular complexity index is 1160. The number of aromatic amines is 1. The Morgan fingerprint density at radius 2 is 1.89 bits per heavy atom. The van der Waals surface area contributed by atoms with Crippen LogP contribution in [0, 0.1) is 0 Å². The summed E-state index contributed by atoms with van der Waals surface area (Å²) < 4.78 is 13.5. The van der Waals surface area contributed by atoms with Crippen LogP contribution in [0.25, 0.3) is 16.5 Å². The Morgan fingerprint density at radius 1 is 1.17 bits per heavy atom. The summed E-state index contributed by atoms with van der Waals surface area (Å²) in [6.07, 6.45) is 5.66. The van der Waals surface area contributed by atoms with Crippen LogP contribution in [-0.4, -0.2) is 47.6 Å². The Labute approximate surface area is 209 Å². The minimum absolute atomic E-state index is 0.0625. The van der Waals surface area contributed by atoms with Gasteiger partial charge in [-0.05, 0) is 74.3 Å². The van der Waals surface area contributed by atoms with Gasteiger partial charge in [0.2, 0.25) is 5.91 Å². The van der Waals surface area contributed by atoms with E-state index in [1.807, 2.05) is 11.8 Å². The number of halogens is 1. The molecule has 0 unspecified atom stereocenters. The number of hydrogen-bond donors (Lipinski definition) is 2. The third-order valence-corrected chi connectivity index (χ3v) is 7.23. The van der Waals surface area contributed by atoms with E-state index in [4.69, 9.17) is 0 Å². The van der Waals surface area contributed by atoms with Gasteiger partial charge in [-0.1, -0.05) is 49.8 Å². The Balaban J connectivity index is 1.59. The van der Waals surface area contributed by atoms with Gasteiger partial charge in [-0.2, -0.15) is 0 Å². The number of fused-ring (bicyclic) bond motifs is 1. The Kier molecular flexibility index (Phi) is 7.65. The predicted octanol–water partition coefficient (Wildman–Crippen LogP) is 6.62. The van der Waals surface area contributed by atoms with E-state index in [1.54, 1.807) is 0 Å². The van der Waals surface area contributed by atoms with Crippen molar-refractivity contribution >= 4 is 22.4 Å². The third-order valence-electron chi connectivity index (χ3n) is 7.23. The van der Waals surface area contributed by atoms with Gasteiger partial charge in [0.15, 0.2) is 0 Å². The molecule has 0 spiro atoms. The molecule has 0 saturated carbocycles. The lowest BCUT2D eigenvalue weighted by Gasteiger charge is -2.33. The predicted molar refractivity (Wildman–Crippen MR) is 144 cm³/mol. The summed E-state index contributed by atoms with van der Waals surface area (Å²) in [6.45, 7) is 16.7. The average Bonchev–Trinajstić information content (AvgIpc) is 3.41. The molecule has 2 aromatic rings. The first-order chi connectivity index (χ1) is 16.6. The van der Waals surface area contributed by atoms with Crippen LogP contribution in [0.15, 0.2) is 48.1 Å². The highest BCUT2D eigenvalue weighted by molar-refractivity contribution is 5.92. The first kappa shape index (κ1) is 25.4. The summed E-state index contributed by atoms with van der Waals surface area (Å²) in [5.74, 6) is 0.855. The van der Waals surface area contributed by atoms with Crippen LogP contribution < -0.4 is 5.32 Å². The van der Waals surface area contributed by atoms with Gasteiger partial charge in [-0.15, -0.1) is 0 Å². The minimum atomic E-state index is -0.905. The zero-order chi connectivity index (χ0) is 25.3. The summed E-state index contributed by atoms with van der Waals surface area (Å²) in [5.41, 5.74) is 8.46. The highest BCUT2D eigenvalue weighted by Crippen LogP contribution is 2.37. The second kappa shape index (κ2) is 10.5. The van der Waals surface area contributed by atoms with Crippen molar-refractivity contribution in [3.05, 3.63) is 64.9 Å². The standard InChI is InChI=1S/C30H40FN3O/c1-18(2)13-23(14-19(3)4)29-28(20(5)6)25-15-22(7-8-26(25)33-29)21-9-11-34(12-10-21)30(35)27-16-24(31)17-32-27/h7-8,13-15,20-21,24,27,32-33H,1,9-12,16-17H2,2-6H3/b23-13+/t24-,27-/m0/s1. The van der Waals surface area contributed by atoms with Crippen LogP contribution in [-0.2, 0) is 4.79 Å². The lowest BCUT2D eigenvalue weighted by Crippen LogP contribution is -2.46. The second-order valence-corrected chi connectivity index (χ2v) is 10.9. The summed E-state index contributed by atoms with van der Waals surface area (Å²) >= 11 is 0. The van der Waals surface area contributed by atoms with Gasteiger partial charge >= 0.3 is 0 Å². The molecular formula is C30H40FN3O. The van der Waals surface area contributed by atoms with Crippen molar-refractivity contribution in [3.8, 4) is 0 Å². The molecule has 2 fully saturated rings. The highest BCUT2D eigenvalue weighted by Gasteiger charge is 2.34. The number of allylic oxidation sites excluding steroid dienone is 5. The molecule has 1 aromatic carbocycles. The fourth-order valence-electron chi connectivity index (χ4n) is 5.61. The molecule has 3 heterocycles. The van der Waals surface area contributed by atoms with Crippen LogP contribution in [0.3, 0.4) is 0 Å². The number of H-pyrrole nitrogens is 1. The van der Waals surface area contributed by atoms with Gasteiger partial charge in [0, 0.05) is 42.7 Å². The molecule has 2 saturated heterocycles. The van der Waals surface area contributed by atoms with Crippen molar-refractivity contribution in [1.82, 2.24) is 15.2 Å². The molecule has 1 amide bonds. The van der Waals surface area contributed by atoms with E-state index in [1.165, 1.54) is 33.4 Å². The van der Waals surface area contributed by atoms with E-state index in [2.05, 4.69) is 74.9 Å². The molecule has 4 rings (SSSR count). The lowest BCUT2D eigenvalue weighted by molar-refractivity contribution is -0.134. The van der Waals surface area contributed by atoms with E-state index in [9.17, 15) is 9.18 Å². The number of amides is 1. The molecule has 35 heavy (non-hydrogen) atoms. The van der Waals surface area contributed by atoms with Crippen molar-refractivity contribution in [2.24, 2.45) is 0 Å². The summed E-state index contributed by atoms with van der Waals surface area (Å²) in [5, 5.41) is 4.32. The quantitative estimate of drug-likeness (QED) is 0.459. The Hall–Kier alpha value is -2.66. The number of alkyl halides is 1. The summed E-state index contributed by atoms with van der Waals surface area (Å²) in [6, 6.07) is 6.46. The maximum atomic E-state index is 13.5. The molecule has 1 aromatic heterocycles. The molecule has 2 atom stereocenters. The molecule has 2 aliphatic heterocycles. The molecule has 188 valence electrons. The largest absolute Gasteiger partial charge is 0.354 e. The fraction of sp³-hybridized carbons (Fsp3) is 0.500. The molecule has 0 radical (unpaired) electrons.